The Morgan fingerprint density at radius 2 is 1.74 bits per heavy atom. The van der Waals surface area contributed by atoms with Crippen molar-refractivity contribution in [2.45, 2.75) is 11.8 Å². The highest BCUT2D eigenvalue weighted by atomic mass is 35.5. The number of hydrogen-bond acceptors (Lipinski definition) is 2. The predicted molar refractivity (Wildman–Crippen MR) is 76.4 cm³/mol. The topological polar surface area (TPSA) is 54.4 Å². The van der Waals surface area contributed by atoms with Gasteiger partial charge in [-0.1, -0.05) is 47.5 Å². The van der Waals surface area contributed by atoms with E-state index in [1.165, 1.54) is 6.07 Å². The highest BCUT2D eigenvalue weighted by Gasteiger charge is 2.20. The lowest BCUT2D eigenvalue weighted by molar-refractivity contribution is 0.483. The molecule has 0 aromatic heterocycles. The first-order valence-electron chi connectivity index (χ1n) is 5.33. The van der Waals surface area contributed by atoms with Crippen molar-refractivity contribution in [3.8, 4) is 11.1 Å². The van der Waals surface area contributed by atoms with Crippen LogP contribution >= 0.6 is 23.2 Å². The van der Waals surface area contributed by atoms with E-state index in [1.807, 2.05) is 0 Å². The molecule has 2 aromatic carbocycles. The van der Waals surface area contributed by atoms with E-state index in [2.05, 4.69) is 0 Å². The van der Waals surface area contributed by atoms with Gasteiger partial charge < -0.3 is 0 Å². The van der Waals surface area contributed by atoms with Crippen molar-refractivity contribution in [2.75, 3.05) is 0 Å². The molecule has 1 N–H and O–H groups in total. The molecule has 0 aliphatic carbocycles. The first-order chi connectivity index (χ1) is 8.80. The maximum absolute atomic E-state index is 11.5. The molecule has 6 heteroatoms. The zero-order chi connectivity index (χ0) is 14.2. The predicted octanol–water partition coefficient (Wildman–Crippen LogP) is 4.22. The van der Waals surface area contributed by atoms with Crippen LogP contribution in [-0.4, -0.2) is 13.0 Å². The Hall–Kier alpha value is -1.07. The Morgan fingerprint density at radius 1 is 1.05 bits per heavy atom. The standard InChI is InChI=1S/C13H10Cl2O3S/c1-8-3-2-4-11(13(8)19(16,17)18)10-6-5-9(14)7-12(10)15/h2-7H,1H3,(H,16,17,18). The molecule has 0 aliphatic heterocycles. The summed E-state index contributed by atoms with van der Waals surface area (Å²) in [6.45, 7) is 1.61. The molecule has 2 rings (SSSR count). The largest absolute Gasteiger partial charge is 0.295 e. The van der Waals surface area contributed by atoms with Gasteiger partial charge in [0, 0.05) is 21.2 Å². The molecule has 0 bridgehead atoms. The Morgan fingerprint density at radius 3 is 2.32 bits per heavy atom. The quantitative estimate of drug-likeness (QED) is 0.844. The van der Waals surface area contributed by atoms with Gasteiger partial charge in [-0.2, -0.15) is 8.42 Å². The Kier molecular flexibility index (Phi) is 3.87. The smallest absolute Gasteiger partial charge is 0.282 e. The molecule has 19 heavy (non-hydrogen) atoms. The van der Waals surface area contributed by atoms with Crippen LogP contribution in [0.4, 0.5) is 0 Å². The monoisotopic (exact) mass is 316 g/mol. The Balaban J connectivity index is 2.80. The minimum atomic E-state index is -4.33. The van der Waals surface area contributed by atoms with Crippen LogP contribution in [0.3, 0.4) is 0 Å². The van der Waals surface area contributed by atoms with Crippen LogP contribution in [0.15, 0.2) is 41.3 Å². The number of rotatable bonds is 2. The fraction of sp³-hybridized carbons (Fsp3) is 0.0769. The van der Waals surface area contributed by atoms with Crippen LogP contribution in [0, 0.1) is 6.92 Å². The highest BCUT2D eigenvalue weighted by molar-refractivity contribution is 7.86. The summed E-state index contributed by atoms with van der Waals surface area (Å²) in [6.07, 6.45) is 0. The third kappa shape index (κ3) is 2.92. The number of halogens is 2. The molecule has 100 valence electrons. The number of benzene rings is 2. The van der Waals surface area contributed by atoms with Gasteiger partial charge in [0.05, 0.1) is 0 Å². The van der Waals surface area contributed by atoms with Gasteiger partial charge >= 0.3 is 0 Å². The van der Waals surface area contributed by atoms with Crippen molar-refractivity contribution in [1.29, 1.82) is 0 Å². The molecule has 0 atom stereocenters. The molecule has 0 heterocycles. The average Bonchev–Trinajstić information content (AvgIpc) is 2.26. The van der Waals surface area contributed by atoms with Crippen LogP contribution in [0.5, 0.6) is 0 Å². The fourth-order valence-electron chi connectivity index (χ4n) is 1.91. The first kappa shape index (κ1) is 14.3. The average molecular weight is 317 g/mol. The fourth-order valence-corrected chi connectivity index (χ4v) is 3.36. The second-order valence-electron chi connectivity index (χ2n) is 4.05. The maximum atomic E-state index is 11.5. The van der Waals surface area contributed by atoms with Crippen molar-refractivity contribution in [1.82, 2.24) is 0 Å². The third-order valence-electron chi connectivity index (χ3n) is 2.69. The SMILES string of the molecule is Cc1cccc(-c2ccc(Cl)cc2Cl)c1S(=O)(=O)O. The molecule has 0 saturated carbocycles. The lowest BCUT2D eigenvalue weighted by atomic mass is 10.0. The molecular weight excluding hydrogens is 307 g/mol. The van der Waals surface area contributed by atoms with E-state index in [-0.39, 0.29) is 4.90 Å². The zero-order valence-electron chi connectivity index (χ0n) is 9.89. The van der Waals surface area contributed by atoms with E-state index in [0.29, 0.717) is 26.7 Å². The van der Waals surface area contributed by atoms with Gasteiger partial charge in [-0.3, -0.25) is 4.55 Å². The van der Waals surface area contributed by atoms with Crippen molar-refractivity contribution in [3.63, 3.8) is 0 Å². The molecule has 0 amide bonds. The maximum Gasteiger partial charge on any atom is 0.295 e. The third-order valence-corrected chi connectivity index (χ3v) is 4.30. The second-order valence-corrected chi connectivity index (χ2v) is 6.25. The van der Waals surface area contributed by atoms with E-state index < -0.39 is 10.1 Å². The van der Waals surface area contributed by atoms with Crippen LogP contribution in [0.25, 0.3) is 11.1 Å². The molecule has 3 nitrogen and oxygen atoms in total. The summed E-state index contributed by atoms with van der Waals surface area (Å²) in [7, 11) is -4.33. The molecular formula is C13H10Cl2O3S. The molecule has 0 fully saturated rings. The summed E-state index contributed by atoms with van der Waals surface area (Å²) in [5.74, 6) is 0. The van der Waals surface area contributed by atoms with Crippen LogP contribution in [-0.2, 0) is 10.1 Å². The number of aryl methyl sites for hydroxylation is 1. The van der Waals surface area contributed by atoms with E-state index in [4.69, 9.17) is 23.2 Å². The van der Waals surface area contributed by atoms with Crippen LogP contribution < -0.4 is 0 Å². The van der Waals surface area contributed by atoms with Crippen LogP contribution in [0.2, 0.25) is 10.0 Å². The van der Waals surface area contributed by atoms with Crippen LogP contribution in [0.1, 0.15) is 5.56 Å². The molecule has 0 spiro atoms. The number of hydrogen-bond donors (Lipinski definition) is 1. The Bertz CT molecular complexity index is 740. The van der Waals surface area contributed by atoms with Crippen molar-refractivity contribution in [3.05, 3.63) is 52.0 Å². The lowest BCUT2D eigenvalue weighted by Gasteiger charge is -2.11. The molecule has 0 radical (unpaired) electrons. The summed E-state index contributed by atoms with van der Waals surface area (Å²) >= 11 is 11.9. The first-order valence-corrected chi connectivity index (χ1v) is 7.53. The van der Waals surface area contributed by atoms with Crippen molar-refractivity contribution in [2.24, 2.45) is 0 Å². The summed E-state index contributed by atoms with van der Waals surface area (Å²) in [5, 5.41) is 0.776. The van der Waals surface area contributed by atoms with Gasteiger partial charge in [0.25, 0.3) is 10.1 Å². The summed E-state index contributed by atoms with van der Waals surface area (Å²) in [6, 6.07) is 9.65. The van der Waals surface area contributed by atoms with E-state index in [0.717, 1.165) is 0 Å². The van der Waals surface area contributed by atoms with E-state index in [9.17, 15) is 13.0 Å². The van der Waals surface area contributed by atoms with Gasteiger partial charge in [-0.05, 0) is 24.6 Å². The van der Waals surface area contributed by atoms with Gasteiger partial charge in [0.2, 0.25) is 0 Å². The van der Waals surface area contributed by atoms with Crippen molar-refractivity contribution < 1.29 is 13.0 Å². The van der Waals surface area contributed by atoms with Gasteiger partial charge in [0.1, 0.15) is 4.90 Å². The summed E-state index contributed by atoms with van der Waals surface area (Å²) in [4.78, 5) is -0.140. The molecule has 0 aliphatic rings. The minimum absolute atomic E-state index is 0.140. The Labute approximate surface area is 121 Å². The normalized spacial score (nSPS) is 11.6. The van der Waals surface area contributed by atoms with Crippen molar-refractivity contribution >= 4 is 33.3 Å². The summed E-state index contributed by atoms with van der Waals surface area (Å²) < 4.78 is 32.4. The van der Waals surface area contributed by atoms with Gasteiger partial charge in [0.15, 0.2) is 0 Å². The zero-order valence-corrected chi connectivity index (χ0v) is 12.2. The highest BCUT2D eigenvalue weighted by Crippen LogP contribution is 2.35. The molecule has 0 unspecified atom stereocenters. The molecule has 0 saturated heterocycles. The lowest BCUT2D eigenvalue weighted by Crippen LogP contribution is -2.03. The second kappa shape index (κ2) is 5.13. The van der Waals surface area contributed by atoms with E-state index in [1.54, 1.807) is 37.3 Å². The van der Waals surface area contributed by atoms with Gasteiger partial charge in [-0.15, -0.1) is 0 Å². The van der Waals surface area contributed by atoms with E-state index >= 15 is 0 Å². The summed E-state index contributed by atoms with van der Waals surface area (Å²) in [5.41, 5.74) is 1.30. The molecule has 2 aromatic rings. The van der Waals surface area contributed by atoms with Gasteiger partial charge in [-0.25, -0.2) is 0 Å². The minimum Gasteiger partial charge on any atom is -0.282 e.